The van der Waals surface area contributed by atoms with E-state index in [2.05, 4.69) is 4.98 Å². The molecule has 2 rings (SSSR count). The fourth-order valence-electron chi connectivity index (χ4n) is 1.53. The maximum Gasteiger partial charge on any atom is 0.416 e. The number of pyridine rings is 1. The Labute approximate surface area is 122 Å². The topological polar surface area (TPSA) is 15.8 Å². The van der Waals surface area contributed by atoms with E-state index in [1.165, 1.54) is 12.1 Å². The van der Waals surface area contributed by atoms with Gasteiger partial charge in [-0.25, -0.2) is 0 Å². The van der Waals surface area contributed by atoms with Gasteiger partial charge in [0.05, 0.1) is 15.6 Å². The number of hydrogen-bond donors (Lipinski definition) is 1. The van der Waals surface area contributed by atoms with Crippen molar-refractivity contribution < 1.29 is 13.2 Å². The van der Waals surface area contributed by atoms with E-state index in [0.717, 1.165) is 12.1 Å². The van der Waals surface area contributed by atoms with Crippen LogP contribution in [0.15, 0.2) is 30.3 Å². The van der Waals surface area contributed by atoms with E-state index in [-0.39, 0.29) is 15.4 Å². The second-order valence-electron chi connectivity index (χ2n) is 3.77. The Morgan fingerprint density at radius 2 is 1.68 bits per heavy atom. The fraction of sp³-hybridized carbons (Fsp3) is 0.0833. The SMILES string of the molecule is FC(F)(F)c1cc(-c2ccc(Cl)c(Cl)c2)[nH]c(=S)c1. The van der Waals surface area contributed by atoms with Gasteiger partial charge in [-0.15, -0.1) is 0 Å². The molecule has 0 saturated heterocycles. The third-order valence-corrected chi connectivity index (χ3v) is 3.36. The summed E-state index contributed by atoms with van der Waals surface area (Å²) in [6, 6.07) is 6.40. The molecule has 0 aliphatic heterocycles. The van der Waals surface area contributed by atoms with E-state index in [1.807, 2.05) is 0 Å². The molecule has 0 bridgehead atoms. The summed E-state index contributed by atoms with van der Waals surface area (Å²) in [5, 5.41) is 0.590. The lowest BCUT2D eigenvalue weighted by Gasteiger charge is -2.09. The van der Waals surface area contributed by atoms with Gasteiger partial charge in [0.1, 0.15) is 4.64 Å². The summed E-state index contributed by atoms with van der Waals surface area (Å²) >= 11 is 16.4. The summed E-state index contributed by atoms with van der Waals surface area (Å²) in [6.45, 7) is 0. The number of benzene rings is 1. The molecule has 100 valence electrons. The van der Waals surface area contributed by atoms with E-state index in [9.17, 15) is 13.2 Å². The fourth-order valence-corrected chi connectivity index (χ4v) is 2.06. The smallest absolute Gasteiger partial charge is 0.346 e. The molecule has 1 heterocycles. The van der Waals surface area contributed by atoms with Gasteiger partial charge in [0.15, 0.2) is 0 Å². The summed E-state index contributed by atoms with van der Waals surface area (Å²) in [6.07, 6.45) is -4.45. The molecule has 0 atom stereocenters. The predicted molar refractivity (Wildman–Crippen MR) is 72.1 cm³/mol. The van der Waals surface area contributed by atoms with Crippen LogP contribution in [0.3, 0.4) is 0 Å². The molecular weight excluding hydrogens is 318 g/mol. The van der Waals surface area contributed by atoms with Crippen LogP contribution in [-0.4, -0.2) is 4.98 Å². The zero-order valence-electron chi connectivity index (χ0n) is 9.18. The van der Waals surface area contributed by atoms with Crippen LogP contribution in [-0.2, 0) is 6.18 Å². The molecule has 1 N–H and O–H groups in total. The number of aromatic nitrogens is 1. The van der Waals surface area contributed by atoms with Crippen LogP contribution in [0, 0.1) is 4.64 Å². The van der Waals surface area contributed by atoms with Gasteiger partial charge in [0.25, 0.3) is 0 Å². The zero-order valence-corrected chi connectivity index (χ0v) is 11.5. The minimum atomic E-state index is -4.45. The first-order chi connectivity index (χ1) is 8.77. The van der Waals surface area contributed by atoms with Crippen molar-refractivity contribution in [1.82, 2.24) is 4.98 Å². The van der Waals surface area contributed by atoms with Crippen molar-refractivity contribution in [2.75, 3.05) is 0 Å². The van der Waals surface area contributed by atoms with Gasteiger partial charge in [-0.3, -0.25) is 0 Å². The summed E-state index contributed by atoms with van der Waals surface area (Å²) in [5.74, 6) is 0. The van der Waals surface area contributed by atoms with E-state index in [4.69, 9.17) is 35.4 Å². The molecule has 2 aromatic rings. The van der Waals surface area contributed by atoms with Gasteiger partial charge in [-0.2, -0.15) is 13.2 Å². The maximum absolute atomic E-state index is 12.7. The first-order valence-electron chi connectivity index (χ1n) is 5.04. The van der Waals surface area contributed by atoms with Crippen LogP contribution in [0.4, 0.5) is 13.2 Å². The third kappa shape index (κ3) is 3.29. The maximum atomic E-state index is 12.7. The van der Waals surface area contributed by atoms with Crippen molar-refractivity contribution >= 4 is 35.4 Å². The summed E-state index contributed by atoms with van der Waals surface area (Å²) < 4.78 is 38.1. The molecule has 0 amide bonds. The summed E-state index contributed by atoms with van der Waals surface area (Å²) in [5.41, 5.74) is -0.0951. The lowest BCUT2D eigenvalue weighted by atomic mass is 10.1. The Kier molecular flexibility index (Phi) is 3.90. The largest absolute Gasteiger partial charge is 0.416 e. The van der Waals surface area contributed by atoms with Gasteiger partial charge in [-0.1, -0.05) is 41.5 Å². The van der Waals surface area contributed by atoms with Crippen LogP contribution < -0.4 is 0 Å². The van der Waals surface area contributed by atoms with E-state index in [1.54, 1.807) is 6.07 Å². The summed E-state index contributed by atoms with van der Waals surface area (Å²) in [7, 11) is 0. The van der Waals surface area contributed by atoms with Gasteiger partial charge in [-0.05, 0) is 29.8 Å². The Bertz CT molecular complexity index is 679. The number of alkyl halides is 3. The lowest BCUT2D eigenvalue weighted by Crippen LogP contribution is -2.05. The van der Waals surface area contributed by atoms with Crippen molar-refractivity contribution in [1.29, 1.82) is 0 Å². The predicted octanol–water partition coefficient (Wildman–Crippen LogP) is 5.74. The number of halogens is 5. The first kappa shape index (κ1) is 14.4. The number of hydrogen-bond acceptors (Lipinski definition) is 1. The van der Waals surface area contributed by atoms with E-state index in [0.29, 0.717) is 10.6 Å². The highest BCUT2D eigenvalue weighted by Crippen LogP contribution is 2.33. The van der Waals surface area contributed by atoms with E-state index >= 15 is 0 Å². The monoisotopic (exact) mass is 323 g/mol. The van der Waals surface area contributed by atoms with Crippen molar-refractivity contribution in [3.63, 3.8) is 0 Å². The molecule has 1 nitrogen and oxygen atoms in total. The second-order valence-corrected chi connectivity index (χ2v) is 5.03. The van der Waals surface area contributed by atoms with Crippen molar-refractivity contribution in [3.05, 3.63) is 50.6 Å². The molecule has 1 aromatic heterocycles. The minimum Gasteiger partial charge on any atom is -0.346 e. The molecule has 19 heavy (non-hydrogen) atoms. The number of nitrogens with one attached hydrogen (secondary N) is 1. The molecule has 7 heteroatoms. The van der Waals surface area contributed by atoms with Gasteiger partial charge in [0, 0.05) is 5.69 Å². The second kappa shape index (κ2) is 5.15. The lowest BCUT2D eigenvalue weighted by molar-refractivity contribution is -0.137. The highest BCUT2D eigenvalue weighted by molar-refractivity contribution is 7.71. The summed E-state index contributed by atoms with van der Waals surface area (Å²) in [4.78, 5) is 2.70. The standard InChI is InChI=1S/C12H6Cl2F3NS/c13-8-2-1-6(3-9(8)14)10-4-7(12(15,16)17)5-11(19)18-10/h1-5H,(H,18,19). The Morgan fingerprint density at radius 3 is 2.26 bits per heavy atom. The third-order valence-electron chi connectivity index (χ3n) is 2.40. The Balaban J connectivity index is 2.59. The molecular formula is C12H6Cl2F3NS. The number of aromatic amines is 1. The van der Waals surface area contributed by atoms with E-state index < -0.39 is 11.7 Å². The average Bonchev–Trinajstić information content (AvgIpc) is 2.31. The highest BCUT2D eigenvalue weighted by atomic mass is 35.5. The Hall–Kier alpha value is -1.04. The highest BCUT2D eigenvalue weighted by Gasteiger charge is 2.31. The molecule has 0 saturated carbocycles. The quantitative estimate of drug-likeness (QED) is 0.662. The zero-order chi connectivity index (χ0) is 14.2. The van der Waals surface area contributed by atoms with Gasteiger partial charge < -0.3 is 4.98 Å². The first-order valence-corrected chi connectivity index (χ1v) is 6.21. The molecule has 0 unspecified atom stereocenters. The molecule has 1 aromatic carbocycles. The molecule has 0 spiro atoms. The van der Waals surface area contributed by atoms with Crippen LogP contribution in [0.1, 0.15) is 5.56 Å². The number of H-pyrrole nitrogens is 1. The van der Waals surface area contributed by atoms with Crippen LogP contribution >= 0.6 is 35.4 Å². The number of rotatable bonds is 1. The molecule has 0 aliphatic rings. The van der Waals surface area contributed by atoms with Crippen molar-refractivity contribution in [2.45, 2.75) is 6.18 Å². The van der Waals surface area contributed by atoms with Crippen LogP contribution in [0.25, 0.3) is 11.3 Å². The van der Waals surface area contributed by atoms with Crippen molar-refractivity contribution in [2.24, 2.45) is 0 Å². The van der Waals surface area contributed by atoms with Crippen LogP contribution in [0.2, 0.25) is 10.0 Å². The molecule has 0 aliphatic carbocycles. The van der Waals surface area contributed by atoms with Crippen LogP contribution in [0.5, 0.6) is 0 Å². The molecule has 0 fully saturated rings. The van der Waals surface area contributed by atoms with Crippen molar-refractivity contribution in [3.8, 4) is 11.3 Å². The van der Waals surface area contributed by atoms with Gasteiger partial charge >= 0.3 is 6.18 Å². The Morgan fingerprint density at radius 1 is 1.00 bits per heavy atom. The minimum absolute atomic E-state index is 0.00380. The normalized spacial score (nSPS) is 11.6. The van der Waals surface area contributed by atoms with Gasteiger partial charge in [0.2, 0.25) is 0 Å². The molecule has 0 radical (unpaired) electrons. The average molecular weight is 324 g/mol.